The van der Waals surface area contributed by atoms with Crippen molar-refractivity contribution in [3.8, 4) is 11.5 Å². The lowest BCUT2D eigenvalue weighted by Crippen LogP contribution is -2.31. The number of hydrogen-bond donors (Lipinski definition) is 1. The zero-order chi connectivity index (χ0) is 21.7. The second-order valence-electron chi connectivity index (χ2n) is 6.84. The fourth-order valence-corrected chi connectivity index (χ4v) is 3.97. The molecule has 1 aliphatic rings. The van der Waals surface area contributed by atoms with Gasteiger partial charge in [-0.05, 0) is 62.7 Å². The van der Waals surface area contributed by atoms with E-state index in [1.54, 1.807) is 48.5 Å². The third-order valence-corrected chi connectivity index (χ3v) is 5.35. The van der Waals surface area contributed by atoms with Gasteiger partial charge in [-0.15, -0.1) is 11.8 Å². The van der Waals surface area contributed by atoms with Crippen molar-refractivity contribution in [2.75, 3.05) is 23.9 Å². The standard InChI is InChI=1S/C23H25NO5S/c1-4-28-18-9-5-16(6-10-18)20-21(30-14-13-25)23(27)24(22(20)26)17-7-11-19(12-8-17)29-15(2)3/h5-12,15,25H,4,13-14H2,1-3H3. The summed E-state index contributed by atoms with van der Waals surface area (Å²) in [6.07, 6.45) is 0.0281. The normalized spacial score (nSPS) is 14.1. The highest BCUT2D eigenvalue weighted by atomic mass is 32.2. The number of aliphatic hydroxyl groups is 1. The molecule has 1 heterocycles. The lowest BCUT2D eigenvalue weighted by atomic mass is 10.1. The fraction of sp³-hybridized carbons (Fsp3) is 0.304. The highest BCUT2D eigenvalue weighted by Gasteiger charge is 2.40. The zero-order valence-corrected chi connectivity index (χ0v) is 18.1. The molecule has 158 valence electrons. The summed E-state index contributed by atoms with van der Waals surface area (Å²) in [6, 6.07) is 14.0. The summed E-state index contributed by atoms with van der Waals surface area (Å²) in [4.78, 5) is 27.9. The predicted molar refractivity (Wildman–Crippen MR) is 119 cm³/mol. The minimum atomic E-state index is -0.389. The van der Waals surface area contributed by atoms with Gasteiger partial charge in [0.15, 0.2) is 0 Å². The van der Waals surface area contributed by atoms with Crippen molar-refractivity contribution >= 4 is 34.8 Å². The molecule has 0 saturated heterocycles. The van der Waals surface area contributed by atoms with E-state index in [4.69, 9.17) is 9.47 Å². The van der Waals surface area contributed by atoms with E-state index in [-0.39, 0.29) is 24.5 Å². The Morgan fingerprint density at radius 1 is 0.967 bits per heavy atom. The maximum Gasteiger partial charge on any atom is 0.272 e. The van der Waals surface area contributed by atoms with Crippen LogP contribution in [0.2, 0.25) is 0 Å². The van der Waals surface area contributed by atoms with Gasteiger partial charge < -0.3 is 14.6 Å². The number of benzene rings is 2. The molecule has 0 aliphatic carbocycles. The highest BCUT2D eigenvalue weighted by molar-refractivity contribution is 8.04. The monoisotopic (exact) mass is 427 g/mol. The van der Waals surface area contributed by atoms with Crippen LogP contribution in [0, 0.1) is 0 Å². The van der Waals surface area contributed by atoms with Crippen molar-refractivity contribution in [1.29, 1.82) is 0 Å². The quantitative estimate of drug-likeness (QED) is 0.612. The van der Waals surface area contributed by atoms with Gasteiger partial charge in [-0.1, -0.05) is 12.1 Å². The van der Waals surface area contributed by atoms with Gasteiger partial charge in [-0.3, -0.25) is 9.59 Å². The number of thioether (sulfide) groups is 1. The molecule has 2 aromatic carbocycles. The summed E-state index contributed by atoms with van der Waals surface area (Å²) < 4.78 is 11.1. The first-order chi connectivity index (χ1) is 14.5. The first-order valence-corrected chi connectivity index (χ1v) is 10.8. The molecule has 0 atom stereocenters. The van der Waals surface area contributed by atoms with Crippen LogP contribution in [0.5, 0.6) is 11.5 Å². The van der Waals surface area contributed by atoms with Crippen LogP contribution < -0.4 is 14.4 Å². The van der Waals surface area contributed by atoms with Crippen LogP contribution in [0.15, 0.2) is 53.4 Å². The Labute approximate surface area is 180 Å². The Kier molecular flexibility index (Phi) is 7.18. The third kappa shape index (κ3) is 4.68. The van der Waals surface area contributed by atoms with Crippen LogP contribution in [-0.2, 0) is 9.59 Å². The fourth-order valence-electron chi connectivity index (χ4n) is 3.11. The Morgan fingerprint density at radius 2 is 1.60 bits per heavy atom. The number of ether oxygens (including phenoxy) is 2. The van der Waals surface area contributed by atoms with E-state index in [0.717, 1.165) is 0 Å². The number of amides is 2. The molecule has 0 fully saturated rings. The van der Waals surface area contributed by atoms with Gasteiger partial charge >= 0.3 is 0 Å². The molecule has 0 radical (unpaired) electrons. The SMILES string of the molecule is CCOc1ccc(C2=C(SCCO)C(=O)N(c3ccc(OC(C)C)cc3)C2=O)cc1. The highest BCUT2D eigenvalue weighted by Crippen LogP contribution is 2.39. The molecule has 30 heavy (non-hydrogen) atoms. The minimum absolute atomic E-state index is 0.0281. The van der Waals surface area contributed by atoms with Crippen LogP contribution in [0.4, 0.5) is 5.69 Å². The minimum Gasteiger partial charge on any atom is -0.494 e. The molecule has 0 unspecified atom stereocenters. The Hall–Kier alpha value is -2.77. The second-order valence-corrected chi connectivity index (χ2v) is 7.94. The topological polar surface area (TPSA) is 76.1 Å². The average molecular weight is 428 g/mol. The van der Waals surface area contributed by atoms with Crippen LogP contribution in [0.1, 0.15) is 26.3 Å². The summed E-state index contributed by atoms with van der Waals surface area (Å²) in [5.74, 6) is 0.911. The predicted octanol–water partition coefficient (Wildman–Crippen LogP) is 3.88. The second kappa shape index (κ2) is 9.82. The molecule has 1 N–H and O–H groups in total. The molecular formula is C23H25NO5S. The third-order valence-electron chi connectivity index (χ3n) is 4.30. The molecule has 1 aliphatic heterocycles. The summed E-state index contributed by atoms with van der Waals surface area (Å²) in [6.45, 7) is 6.21. The van der Waals surface area contributed by atoms with Crippen molar-refractivity contribution < 1.29 is 24.2 Å². The van der Waals surface area contributed by atoms with E-state index >= 15 is 0 Å². The van der Waals surface area contributed by atoms with Gasteiger partial charge in [0.25, 0.3) is 11.8 Å². The molecule has 2 amide bonds. The van der Waals surface area contributed by atoms with E-state index < -0.39 is 0 Å². The van der Waals surface area contributed by atoms with E-state index in [9.17, 15) is 14.7 Å². The van der Waals surface area contributed by atoms with Gasteiger partial charge in [0.05, 0.1) is 35.5 Å². The number of aliphatic hydroxyl groups excluding tert-OH is 1. The summed E-state index contributed by atoms with van der Waals surface area (Å²) >= 11 is 1.18. The maximum atomic E-state index is 13.3. The van der Waals surface area contributed by atoms with Gasteiger partial charge in [0.2, 0.25) is 0 Å². The van der Waals surface area contributed by atoms with Crippen LogP contribution in [0.25, 0.3) is 5.57 Å². The number of anilines is 1. The van der Waals surface area contributed by atoms with Crippen molar-refractivity contribution in [2.45, 2.75) is 26.9 Å². The first kappa shape index (κ1) is 21.9. The zero-order valence-electron chi connectivity index (χ0n) is 17.3. The molecule has 7 heteroatoms. The lowest BCUT2D eigenvalue weighted by Gasteiger charge is -2.16. The Morgan fingerprint density at radius 3 is 2.17 bits per heavy atom. The summed E-state index contributed by atoms with van der Waals surface area (Å²) in [5, 5.41) is 9.23. The number of hydrogen-bond acceptors (Lipinski definition) is 6. The van der Waals surface area contributed by atoms with Gasteiger partial charge in [0.1, 0.15) is 11.5 Å². The average Bonchev–Trinajstić information content (AvgIpc) is 2.97. The van der Waals surface area contributed by atoms with Crippen molar-refractivity contribution in [3.63, 3.8) is 0 Å². The Balaban J connectivity index is 1.94. The van der Waals surface area contributed by atoms with E-state index in [1.807, 2.05) is 20.8 Å². The molecule has 0 bridgehead atoms. The van der Waals surface area contributed by atoms with Crippen LogP contribution >= 0.6 is 11.8 Å². The molecule has 0 aromatic heterocycles. The van der Waals surface area contributed by atoms with Crippen molar-refractivity contribution in [1.82, 2.24) is 0 Å². The Bertz CT molecular complexity index is 935. The van der Waals surface area contributed by atoms with Crippen molar-refractivity contribution in [3.05, 3.63) is 59.0 Å². The molecule has 2 aromatic rings. The van der Waals surface area contributed by atoms with Gasteiger partial charge in [-0.2, -0.15) is 0 Å². The van der Waals surface area contributed by atoms with Gasteiger partial charge in [0, 0.05) is 5.75 Å². The lowest BCUT2D eigenvalue weighted by molar-refractivity contribution is -0.119. The number of carbonyl (C=O) groups is 2. The summed E-state index contributed by atoms with van der Waals surface area (Å²) in [7, 11) is 0. The van der Waals surface area contributed by atoms with E-state index in [2.05, 4.69) is 0 Å². The van der Waals surface area contributed by atoms with E-state index in [1.165, 1.54) is 16.7 Å². The first-order valence-electron chi connectivity index (χ1n) is 9.83. The molecular weight excluding hydrogens is 402 g/mol. The molecule has 6 nitrogen and oxygen atoms in total. The number of imide groups is 1. The number of carbonyl (C=O) groups excluding carboxylic acids is 2. The van der Waals surface area contributed by atoms with Crippen LogP contribution in [-0.4, -0.2) is 42.0 Å². The maximum absolute atomic E-state index is 13.3. The molecule has 0 saturated carbocycles. The van der Waals surface area contributed by atoms with E-state index in [0.29, 0.717) is 45.6 Å². The van der Waals surface area contributed by atoms with Crippen molar-refractivity contribution in [2.24, 2.45) is 0 Å². The largest absolute Gasteiger partial charge is 0.494 e. The molecule has 0 spiro atoms. The van der Waals surface area contributed by atoms with Crippen LogP contribution in [0.3, 0.4) is 0 Å². The van der Waals surface area contributed by atoms with Gasteiger partial charge in [-0.25, -0.2) is 4.90 Å². The number of rotatable bonds is 9. The number of nitrogens with zero attached hydrogens (tertiary/aromatic N) is 1. The summed E-state index contributed by atoms with van der Waals surface area (Å²) in [5.41, 5.74) is 1.45. The smallest absolute Gasteiger partial charge is 0.272 e. The molecule has 3 rings (SSSR count).